The summed E-state index contributed by atoms with van der Waals surface area (Å²) >= 11 is 0. The average Bonchev–Trinajstić information content (AvgIpc) is 2.44. The fourth-order valence-electron chi connectivity index (χ4n) is 3.11. The quantitative estimate of drug-likeness (QED) is 0.867. The third-order valence-corrected chi connectivity index (χ3v) is 4.49. The third-order valence-electron chi connectivity index (χ3n) is 4.49. The first-order chi connectivity index (χ1) is 10.8. The first-order valence-electron chi connectivity index (χ1n) is 8.16. The van der Waals surface area contributed by atoms with Gasteiger partial charge in [-0.3, -0.25) is 14.6 Å². The molecule has 0 aliphatic carbocycles. The molecule has 1 unspecified atom stereocenters. The number of hydrogen-bond donors (Lipinski definition) is 1. The lowest BCUT2D eigenvalue weighted by Crippen LogP contribution is -2.47. The number of carbonyl (C=O) groups is 1. The topological polar surface area (TPSA) is 53.0 Å². The molecule has 0 bridgehead atoms. The van der Waals surface area contributed by atoms with E-state index in [9.17, 15) is 4.79 Å². The van der Waals surface area contributed by atoms with Crippen LogP contribution in [0.3, 0.4) is 0 Å². The molecule has 1 aliphatic heterocycles. The smallest absolute Gasteiger partial charge is 0.317 e. The Kier molecular flexibility index (Phi) is 6.16. The van der Waals surface area contributed by atoms with Gasteiger partial charge in [0.1, 0.15) is 0 Å². The summed E-state index contributed by atoms with van der Waals surface area (Å²) in [5, 5.41) is 8.85. The van der Waals surface area contributed by atoms with Crippen molar-refractivity contribution >= 4 is 5.97 Å². The molecular formula is C18H28N2O3. The number of aryl methyl sites for hydroxylation is 3. The van der Waals surface area contributed by atoms with Gasteiger partial charge in [0.25, 0.3) is 0 Å². The minimum atomic E-state index is -0.800. The maximum absolute atomic E-state index is 10.8. The Labute approximate surface area is 138 Å². The number of likely N-dealkylation sites (N-methyl/N-ethyl adjacent to an activating group) is 1. The number of benzene rings is 1. The second kappa shape index (κ2) is 7.90. The molecule has 0 aromatic heterocycles. The van der Waals surface area contributed by atoms with Crippen LogP contribution in [0.2, 0.25) is 0 Å². The highest BCUT2D eigenvalue weighted by molar-refractivity contribution is 5.69. The summed E-state index contributed by atoms with van der Waals surface area (Å²) in [6.07, 6.45) is 0.0694. The lowest BCUT2D eigenvalue weighted by molar-refractivity contribution is -0.138. The summed E-state index contributed by atoms with van der Waals surface area (Å²) in [4.78, 5) is 15.0. The van der Waals surface area contributed by atoms with E-state index in [1.165, 1.54) is 22.3 Å². The van der Waals surface area contributed by atoms with Crippen LogP contribution in [-0.2, 0) is 16.1 Å². The Morgan fingerprint density at radius 3 is 2.70 bits per heavy atom. The first kappa shape index (κ1) is 17.9. The summed E-state index contributed by atoms with van der Waals surface area (Å²) < 4.78 is 5.79. The Hall–Kier alpha value is -1.43. The lowest BCUT2D eigenvalue weighted by atomic mass is 10.0. The number of hydrogen-bond acceptors (Lipinski definition) is 4. The molecule has 0 amide bonds. The highest BCUT2D eigenvalue weighted by Crippen LogP contribution is 2.18. The maximum atomic E-state index is 10.8. The zero-order chi connectivity index (χ0) is 17.0. The van der Waals surface area contributed by atoms with Crippen molar-refractivity contribution in [3.63, 3.8) is 0 Å². The largest absolute Gasteiger partial charge is 0.480 e. The number of morpholine rings is 1. The summed E-state index contributed by atoms with van der Waals surface area (Å²) in [5.74, 6) is -0.800. The van der Waals surface area contributed by atoms with Gasteiger partial charge in [0.2, 0.25) is 0 Å². The highest BCUT2D eigenvalue weighted by Gasteiger charge is 2.22. The molecule has 1 heterocycles. The van der Waals surface area contributed by atoms with Gasteiger partial charge in [0.05, 0.1) is 19.3 Å². The van der Waals surface area contributed by atoms with E-state index in [-0.39, 0.29) is 12.6 Å². The molecule has 0 radical (unpaired) electrons. The number of carboxylic acids is 1. The third kappa shape index (κ3) is 5.30. The van der Waals surface area contributed by atoms with Gasteiger partial charge in [-0.1, -0.05) is 12.1 Å². The summed E-state index contributed by atoms with van der Waals surface area (Å²) in [5.41, 5.74) is 5.37. The zero-order valence-electron chi connectivity index (χ0n) is 14.6. The molecule has 1 saturated heterocycles. The molecule has 0 saturated carbocycles. The van der Waals surface area contributed by atoms with E-state index in [4.69, 9.17) is 9.84 Å². The average molecular weight is 320 g/mol. The number of ether oxygens (including phenoxy) is 1. The number of rotatable bonds is 6. The monoisotopic (exact) mass is 320 g/mol. The molecule has 1 aliphatic rings. The first-order valence-corrected chi connectivity index (χ1v) is 8.16. The Morgan fingerprint density at radius 2 is 2.00 bits per heavy atom. The van der Waals surface area contributed by atoms with Gasteiger partial charge in [0, 0.05) is 26.2 Å². The van der Waals surface area contributed by atoms with Crippen LogP contribution >= 0.6 is 0 Å². The van der Waals surface area contributed by atoms with Crippen molar-refractivity contribution in [1.82, 2.24) is 9.80 Å². The predicted octanol–water partition coefficient (Wildman–Crippen LogP) is 1.83. The minimum absolute atomic E-state index is 0.0517. The van der Waals surface area contributed by atoms with Crippen LogP contribution in [0.25, 0.3) is 0 Å². The molecule has 1 fully saturated rings. The molecule has 1 aromatic carbocycles. The second-order valence-electron chi connectivity index (χ2n) is 6.68. The minimum Gasteiger partial charge on any atom is -0.480 e. The van der Waals surface area contributed by atoms with Gasteiger partial charge in [0.15, 0.2) is 0 Å². The van der Waals surface area contributed by atoms with Gasteiger partial charge in [-0.25, -0.2) is 0 Å². The molecule has 0 spiro atoms. The highest BCUT2D eigenvalue weighted by atomic mass is 16.5. The number of nitrogens with zero attached hydrogens (tertiary/aromatic N) is 2. The molecule has 2 rings (SSSR count). The molecule has 1 atom stereocenters. The standard InChI is InChI=1S/C18H28N2O3/c1-13-7-15(3)16(8-14(13)2)9-20-5-6-23-17(11-20)10-19(4)12-18(21)22/h7-8,17H,5-6,9-12H2,1-4H3,(H,21,22). The van der Waals surface area contributed by atoms with Crippen molar-refractivity contribution in [1.29, 1.82) is 0 Å². The molecule has 128 valence electrons. The van der Waals surface area contributed by atoms with E-state index in [1.54, 1.807) is 4.90 Å². The summed E-state index contributed by atoms with van der Waals surface area (Å²) in [7, 11) is 1.82. The van der Waals surface area contributed by atoms with Crippen molar-refractivity contribution in [2.24, 2.45) is 0 Å². The van der Waals surface area contributed by atoms with E-state index in [0.29, 0.717) is 13.2 Å². The predicted molar refractivity (Wildman–Crippen MR) is 90.8 cm³/mol. The van der Waals surface area contributed by atoms with Crippen LogP contribution in [0.15, 0.2) is 12.1 Å². The van der Waals surface area contributed by atoms with Gasteiger partial charge in [-0.05, 0) is 50.1 Å². The van der Waals surface area contributed by atoms with Crippen molar-refractivity contribution in [3.05, 3.63) is 34.4 Å². The fraction of sp³-hybridized carbons (Fsp3) is 0.611. The van der Waals surface area contributed by atoms with E-state index in [2.05, 4.69) is 37.8 Å². The maximum Gasteiger partial charge on any atom is 0.317 e. The van der Waals surface area contributed by atoms with Crippen molar-refractivity contribution in [3.8, 4) is 0 Å². The number of aliphatic carboxylic acids is 1. The lowest BCUT2D eigenvalue weighted by Gasteiger charge is -2.35. The van der Waals surface area contributed by atoms with Crippen molar-refractivity contribution in [2.45, 2.75) is 33.4 Å². The van der Waals surface area contributed by atoms with Crippen LogP contribution in [0.5, 0.6) is 0 Å². The van der Waals surface area contributed by atoms with E-state index in [1.807, 2.05) is 7.05 Å². The summed E-state index contributed by atoms with van der Waals surface area (Å²) in [6.45, 7) is 10.6. The van der Waals surface area contributed by atoms with Crippen LogP contribution in [0.4, 0.5) is 0 Å². The molecule has 5 nitrogen and oxygen atoms in total. The van der Waals surface area contributed by atoms with Crippen LogP contribution in [0.1, 0.15) is 22.3 Å². The molecule has 5 heteroatoms. The van der Waals surface area contributed by atoms with Gasteiger partial charge >= 0.3 is 5.97 Å². The second-order valence-corrected chi connectivity index (χ2v) is 6.68. The van der Waals surface area contributed by atoms with Gasteiger partial charge in [-0.2, -0.15) is 0 Å². The van der Waals surface area contributed by atoms with E-state index >= 15 is 0 Å². The Balaban J connectivity index is 1.94. The van der Waals surface area contributed by atoms with Gasteiger partial charge in [-0.15, -0.1) is 0 Å². The Morgan fingerprint density at radius 1 is 1.30 bits per heavy atom. The van der Waals surface area contributed by atoms with Crippen LogP contribution in [0, 0.1) is 20.8 Å². The fourth-order valence-corrected chi connectivity index (χ4v) is 3.11. The number of carboxylic acid groups (broad SMARTS) is 1. The molecular weight excluding hydrogens is 292 g/mol. The molecule has 23 heavy (non-hydrogen) atoms. The zero-order valence-corrected chi connectivity index (χ0v) is 14.6. The van der Waals surface area contributed by atoms with E-state index in [0.717, 1.165) is 19.6 Å². The SMILES string of the molecule is Cc1cc(C)c(CN2CCOC(CN(C)CC(=O)O)C2)cc1C. The normalized spacial score (nSPS) is 19.3. The van der Waals surface area contributed by atoms with Crippen LogP contribution < -0.4 is 0 Å². The van der Waals surface area contributed by atoms with Crippen molar-refractivity contribution < 1.29 is 14.6 Å². The van der Waals surface area contributed by atoms with Crippen molar-refractivity contribution in [2.75, 3.05) is 39.8 Å². The van der Waals surface area contributed by atoms with E-state index < -0.39 is 5.97 Å². The molecule has 1 N–H and O–H groups in total. The van der Waals surface area contributed by atoms with Crippen LogP contribution in [-0.4, -0.2) is 66.8 Å². The van der Waals surface area contributed by atoms with Gasteiger partial charge < -0.3 is 9.84 Å². The molecule has 1 aromatic rings. The Bertz CT molecular complexity index is 559. The summed E-state index contributed by atoms with van der Waals surface area (Å²) in [6, 6.07) is 4.54.